The van der Waals surface area contributed by atoms with Gasteiger partial charge in [-0.05, 0) is 43.5 Å². The van der Waals surface area contributed by atoms with E-state index in [0.29, 0.717) is 17.9 Å². The molecule has 1 aliphatic heterocycles. The molecule has 1 aromatic rings. The molecule has 82 valence electrons. The molecule has 2 N–H and O–H groups in total. The van der Waals surface area contributed by atoms with E-state index in [1.807, 2.05) is 0 Å². The van der Waals surface area contributed by atoms with Crippen molar-refractivity contribution in [3.8, 4) is 5.75 Å². The van der Waals surface area contributed by atoms with Crippen molar-refractivity contribution in [3.05, 3.63) is 29.3 Å². The fraction of sp³-hybridized carbons (Fsp3) is 0.455. The van der Waals surface area contributed by atoms with Crippen LogP contribution < -0.4 is 5.32 Å². The van der Waals surface area contributed by atoms with E-state index in [1.165, 1.54) is 0 Å². The quantitative estimate of drug-likeness (QED) is 0.785. The fourth-order valence-electron chi connectivity index (χ4n) is 1.94. The number of aromatic hydroxyl groups is 1. The lowest BCUT2D eigenvalue weighted by molar-refractivity contribution is 0.439. The highest BCUT2D eigenvalue weighted by atomic mass is 19.2. The van der Waals surface area contributed by atoms with E-state index in [2.05, 4.69) is 5.32 Å². The summed E-state index contributed by atoms with van der Waals surface area (Å²) < 4.78 is 25.7. The van der Waals surface area contributed by atoms with Gasteiger partial charge in [-0.2, -0.15) is 0 Å². The zero-order chi connectivity index (χ0) is 10.8. The molecule has 0 aromatic heterocycles. The zero-order valence-electron chi connectivity index (χ0n) is 8.26. The van der Waals surface area contributed by atoms with Crippen LogP contribution in [0.4, 0.5) is 8.78 Å². The van der Waals surface area contributed by atoms with Crippen LogP contribution in [0.5, 0.6) is 5.75 Å². The zero-order valence-corrected chi connectivity index (χ0v) is 8.26. The van der Waals surface area contributed by atoms with Gasteiger partial charge in [0.1, 0.15) is 5.75 Å². The highest BCUT2D eigenvalue weighted by molar-refractivity contribution is 5.33. The summed E-state index contributed by atoms with van der Waals surface area (Å²) in [4.78, 5) is 0. The number of hydrogen-bond donors (Lipinski definition) is 2. The van der Waals surface area contributed by atoms with Gasteiger partial charge in [0, 0.05) is 6.07 Å². The van der Waals surface area contributed by atoms with E-state index in [9.17, 15) is 13.9 Å². The Morgan fingerprint density at radius 2 is 2.07 bits per heavy atom. The molecule has 1 atom stereocenters. The largest absolute Gasteiger partial charge is 0.508 e. The van der Waals surface area contributed by atoms with E-state index in [0.717, 1.165) is 31.6 Å². The van der Waals surface area contributed by atoms with Crippen LogP contribution >= 0.6 is 0 Å². The van der Waals surface area contributed by atoms with Crippen LogP contribution in [-0.2, 0) is 6.42 Å². The lowest BCUT2D eigenvalue weighted by Gasteiger charge is -2.10. The molecule has 1 heterocycles. The maximum absolute atomic E-state index is 12.9. The summed E-state index contributed by atoms with van der Waals surface area (Å²) in [6.45, 7) is 1.83. The maximum Gasteiger partial charge on any atom is 0.162 e. The number of phenols is 1. The minimum absolute atomic E-state index is 0.152. The molecule has 1 saturated heterocycles. The van der Waals surface area contributed by atoms with Gasteiger partial charge < -0.3 is 10.4 Å². The van der Waals surface area contributed by atoms with Crippen molar-refractivity contribution >= 4 is 0 Å². The van der Waals surface area contributed by atoms with Crippen LogP contribution in [0.3, 0.4) is 0 Å². The van der Waals surface area contributed by atoms with Crippen LogP contribution in [0.1, 0.15) is 12.0 Å². The molecule has 0 amide bonds. The SMILES string of the molecule is Oc1cc(F)c(F)cc1CC1CCNC1. The first-order valence-electron chi connectivity index (χ1n) is 5.04. The Hall–Kier alpha value is -1.16. The second-order valence-corrected chi connectivity index (χ2v) is 3.96. The number of phenolic OH excluding ortho intramolecular Hbond substituents is 1. The van der Waals surface area contributed by atoms with Gasteiger partial charge in [-0.1, -0.05) is 0 Å². The van der Waals surface area contributed by atoms with E-state index >= 15 is 0 Å². The Bertz CT molecular complexity index is 362. The Labute approximate surface area is 86.9 Å². The van der Waals surface area contributed by atoms with Crippen molar-refractivity contribution in [2.24, 2.45) is 5.92 Å². The number of benzene rings is 1. The van der Waals surface area contributed by atoms with Gasteiger partial charge >= 0.3 is 0 Å². The van der Waals surface area contributed by atoms with Gasteiger partial charge in [0.25, 0.3) is 0 Å². The lowest BCUT2D eigenvalue weighted by atomic mass is 9.98. The van der Waals surface area contributed by atoms with Crippen molar-refractivity contribution in [3.63, 3.8) is 0 Å². The van der Waals surface area contributed by atoms with E-state index in [-0.39, 0.29) is 5.75 Å². The Kier molecular flexibility index (Phi) is 2.86. The molecule has 0 radical (unpaired) electrons. The number of halogens is 2. The summed E-state index contributed by atoms with van der Waals surface area (Å²) in [7, 11) is 0. The predicted molar refractivity (Wildman–Crippen MR) is 52.7 cm³/mol. The van der Waals surface area contributed by atoms with Crippen molar-refractivity contribution in [1.82, 2.24) is 5.32 Å². The lowest BCUT2D eigenvalue weighted by Crippen LogP contribution is -2.11. The molecule has 1 aromatic carbocycles. The highest BCUT2D eigenvalue weighted by Crippen LogP contribution is 2.25. The van der Waals surface area contributed by atoms with Crippen LogP contribution in [0.15, 0.2) is 12.1 Å². The van der Waals surface area contributed by atoms with Crippen LogP contribution in [0.2, 0.25) is 0 Å². The smallest absolute Gasteiger partial charge is 0.162 e. The van der Waals surface area contributed by atoms with Crippen molar-refractivity contribution in [2.75, 3.05) is 13.1 Å². The molecule has 15 heavy (non-hydrogen) atoms. The second kappa shape index (κ2) is 4.14. The summed E-state index contributed by atoms with van der Waals surface area (Å²) in [5, 5.41) is 12.6. The van der Waals surface area contributed by atoms with Crippen molar-refractivity contribution < 1.29 is 13.9 Å². The monoisotopic (exact) mass is 213 g/mol. The molecule has 1 unspecified atom stereocenters. The van der Waals surface area contributed by atoms with Gasteiger partial charge in [0.2, 0.25) is 0 Å². The number of hydrogen-bond acceptors (Lipinski definition) is 2. The van der Waals surface area contributed by atoms with E-state index < -0.39 is 11.6 Å². The summed E-state index contributed by atoms with van der Waals surface area (Å²) in [5.41, 5.74) is 0.489. The van der Waals surface area contributed by atoms with Crippen LogP contribution in [0, 0.1) is 17.6 Å². The third-order valence-corrected chi connectivity index (χ3v) is 2.79. The average Bonchev–Trinajstić information content (AvgIpc) is 2.67. The van der Waals surface area contributed by atoms with Gasteiger partial charge in [-0.3, -0.25) is 0 Å². The topological polar surface area (TPSA) is 32.3 Å². The van der Waals surface area contributed by atoms with Gasteiger partial charge in [0.05, 0.1) is 0 Å². The molecular formula is C11H13F2NO. The molecule has 4 heteroatoms. The van der Waals surface area contributed by atoms with Crippen LogP contribution in [-0.4, -0.2) is 18.2 Å². The summed E-state index contributed by atoms with van der Waals surface area (Å²) in [5.74, 6) is -1.64. The minimum atomic E-state index is -0.999. The van der Waals surface area contributed by atoms with E-state index in [1.54, 1.807) is 0 Å². The van der Waals surface area contributed by atoms with Gasteiger partial charge in [-0.25, -0.2) is 8.78 Å². The standard InChI is InChI=1S/C11H13F2NO/c12-9-4-8(11(15)5-10(9)13)3-7-1-2-14-6-7/h4-5,7,14-15H,1-3,6H2. The van der Waals surface area contributed by atoms with Gasteiger partial charge in [0.15, 0.2) is 11.6 Å². The second-order valence-electron chi connectivity index (χ2n) is 3.96. The first kappa shape index (κ1) is 10.4. The molecule has 1 fully saturated rings. The van der Waals surface area contributed by atoms with Crippen molar-refractivity contribution in [1.29, 1.82) is 0 Å². The number of nitrogens with one attached hydrogen (secondary N) is 1. The van der Waals surface area contributed by atoms with Gasteiger partial charge in [-0.15, -0.1) is 0 Å². The Balaban J connectivity index is 2.16. The third kappa shape index (κ3) is 2.26. The first-order chi connectivity index (χ1) is 7.16. The Morgan fingerprint density at radius 3 is 2.73 bits per heavy atom. The normalized spacial score (nSPS) is 20.8. The Morgan fingerprint density at radius 1 is 1.33 bits per heavy atom. The molecule has 0 aliphatic carbocycles. The number of rotatable bonds is 2. The molecule has 2 nitrogen and oxygen atoms in total. The summed E-state index contributed by atoms with van der Waals surface area (Å²) >= 11 is 0. The molecule has 0 saturated carbocycles. The predicted octanol–water partition coefficient (Wildman–Crippen LogP) is 1.82. The molecule has 0 spiro atoms. The maximum atomic E-state index is 12.9. The average molecular weight is 213 g/mol. The van der Waals surface area contributed by atoms with Crippen LogP contribution in [0.25, 0.3) is 0 Å². The summed E-state index contributed by atoms with van der Waals surface area (Å²) in [6.07, 6.45) is 1.61. The molecule has 1 aliphatic rings. The van der Waals surface area contributed by atoms with Crippen molar-refractivity contribution in [2.45, 2.75) is 12.8 Å². The molecule has 2 rings (SSSR count). The summed E-state index contributed by atoms with van der Waals surface area (Å²) in [6, 6.07) is 1.93. The van der Waals surface area contributed by atoms with E-state index in [4.69, 9.17) is 0 Å². The molecular weight excluding hydrogens is 200 g/mol. The highest BCUT2D eigenvalue weighted by Gasteiger charge is 2.18. The third-order valence-electron chi connectivity index (χ3n) is 2.79. The molecule has 0 bridgehead atoms. The fourth-order valence-corrected chi connectivity index (χ4v) is 1.94. The first-order valence-corrected chi connectivity index (χ1v) is 5.04. The minimum Gasteiger partial charge on any atom is -0.508 e.